The van der Waals surface area contributed by atoms with E-state index in [1.807, 2.05) is 0 Å². The first kappa shape index (κ1) is 13.8. The summed E-state index contributed by atoms with van der Waals surface area (Å²) in [6.45, 7) is 3.35. The largest absolute Gasteiger partial charge is 0.244 e. The van der Waals surface area contributed by atoms with Crippen molar-refractivity contribution >= 4 is 21.6 Å². The Hall–Kier alpha value is -0.650. The van der Waals surface area contributed by atoms with Crippen molar-refractivity contribution in [1.82, 2.24) is 9.29 Å². The third kappa shape index (κ3) is 2.84. The fourth-order valence-corrected chi connectivity index (χ4v) is 3.97. The molecule has 0 aromatic carbocycles. The predicted molar refractivity (Wildman–Crippen MR) is 71.0 cm³/mol. The second-order valence-corrected chi connectivity index (χ2v) is 6.90. The minimum atomic E-state index is -3.41. The molecule has 0 saturated carbocycles. The Kier molecular flexibility index (Phi) is 4.25. The average Bonchev–Trinajstić information content (AvgIpc) is 2.39. The van der Waals surface area contributed by atoms with Gasteiger partial charge in [-0.05, 0) is 30.9 Å². The molecule has 0 atom stereocenters. The van der Waals surface area contributed by atoms with E-state index < -0.39 is 10.0 Å². The van der Waals surface area contributed by atoms with E-state index in [2.05, 4.69) is 11.9 Å². The molecule has 0 aliphatic carbocycles. The van der Waals surface area contributed by atoms with Crippen LogP contribution in [0.4, 0.5) is 0 Å². The van der Waals surface area contributed by atoms with E-state index in [1.165, 1.54) is 18.3 Å². The lowest BCUT2D eigenvalue weighted by molar-refractivity contribution is 0.269. The average molecular weight is 289 g/mol. The molecule has 6 heteroatoms. The van der Waals surface area contributed by atoms with Gasteiger partial charge in [-0.2, -0.15) is 4.31 Å². The highest BCUT2D eigenvalue weighted by Gasteiger charge is 2.28. The summed E-state index contributed by atoms with van der Waals surface area (Å²) in [5, 5.41) is 0.208. The Morgan fingerprint density at radius 2 is 2.11 bits per heavy atom. The van der Waals surface area contributed by atoms with Gasteiger partial charge >= 0.3 is 0 Å². The first-order chi connectivity index (χ1) is 8.54. The Morgan fingerprint density at radius 1 is 1.44 bits per heavy atom. The molecule has 1 aromatic heterocycles. The van der Waals surface area contributed by atoms with E-state index in [-0.39, 0.29) is 10.0 Å². The molecule has 1 aromatic rings. The van der Waals surface area contributed by atoms with Crippen LogP contribution in [0.25, 0.3) is 0 Å². The highest BCUT2D eigenvalue weighted by Crippen LogP contribution is 2.25. The second kappa shape index (κ2) is 5.55. The van der Waals surface area contributed by atoms with Crippen LogP contribution in [0.1, 0.15) is 26.2 Å². The van der Waals surface area contributed by atoms with E-state index in [1.54, 1.807) is 4.31 Å². The number of nitrogens with zero attached hydrogens (tertiary/aromatic N) is 2. The van der Waals surface area contributed by atoms with Crippen LogP contribution in [0.15, 0.2) is 23.2 Å². The zero-order valence-corrected chi connectivity index (χ0v) is 11.9. The van der Waals surface area contributed by atoms with Crippen LogP contribution in [-0.4, -0.2) is 30.8 Å². The quantitative estimate of drug-likeness (QED) is 0.803. The lowest BCUT2D eigenvalue weighted by Crippen LogP contribution is -2.38. The Labute approximate surface area is 113 Å². The van der Waals surface area contributed by atoms with E-state index in [0.29, 0.717) is 19.0 Å². The van der Waals surface area contributed by atoms with Gasteiger partial charge in [0.15, 0.2) is 0 Å². The highest BCUT2D eigenvalue weighted by atomic mass is 35.5. The molecule has 0 bridgehead atoms. The van der Waals surface area contributed by atoms with E-state index in [9.17, 15) is 8.42 Å². The number of hydrogen-bond donors (Lipinski definition) is 0. The maximum atomic E-state index is 12.4. The van der Waals surface area contributed by atoms with E-state index in [4.69, 9.17) is 11.6 Å². The molecule has 0 amide bonds. The van der Waals surface area contributed by atoms with Crippen molar-refractivity contribution in [2.75, 3.05) is 13.1 Å². The van der Waals surface area contributed by atoms with Crippen molar-refractivity contribution in [1.29, 1.82) is 0 Å². The summed E-state index contributed by atoms with van der Waals surface area (Å²) in [5.74, 6) is 0.650. The summed E-state index contributed by atoms with van der Waals surface area (Å²) >= 11 is 5.74. The molecule has 2 rings (SSSR count). The standard InChI is InChI=1S/C12H17ClN2O2S/c1-2-10-4-7-15(8-5-10)18(16,17)11-3-6-14-12(13)9-11/h3,6,9-10H,2,4-5,7-8H2,1H3. The first-order valence-electron chi connectivity index (χ1n) is 6.15. The van der Waals surface area contributed by atoms with Gasteiger partial charge < -0.3 is 0 Å². The fourth-order valence-electron chi connectivity index (χ4n) is 2.25. The molecule has 100 valence electrons. The van der Waals surface area contributed by atoms with Crippen LogP contribution in [-0.2, 0) is 10.0 Å². The van der Waals surface area contributed by atoms with Gasteiger partial charge in [-0.1, -0.05) is 24.9 Å². The number of pyridine rings is 1. The van der Waals surface area contributed by atoms with Crippen LogP contribution in [0.2, 0.25) is 5.15 Å². The number of halogens is 1. The molecule has 1 aliphatic heterocycles. The van der Waals surface area contributed by atoms with Gasteiger partial charge in [-0.15, -0.1) is 0 Å². The van der Waals surface area contributed by atoms with Crippen LogP contribution in [0.3, 0.4) is 0 Å². The van der Waals surface area contributed by atoms with E-state index >= 15 is 0 Å². The van der Waals surface area contributed by atoms with Crippen LogP contribution < -0.4 is 0 Å². The van der Waals surface area contributed by atoms with Gasteiger partial charge in [0, 0.05) is 19.3 Å². The normalized spacial score (nSPS) is 19.0. The summed E-state index contributed by atoms with van der Waals surface area (Å²) in [6.07, 6.45) is 4.42. The molecule has 1 fully saturated rings. The third-order valence-corrected chi connectivity index (χ3v) is 5.59. The van der Waals surface area contributed by atoms with Crippen LogP contribution >= 0.6 is 11.6 Å². The Balaban J connectivity index is 2.17. The van der Waals surface area contributed by atoms with E-state index in [0.717, 1.165) is 19.3 Å². The van der Waals surface area contributed by atoms with Gasteiger partial charge in [0.05, 0.1) is 4.90 Å². The molecule has 2 heterocycles. The smallest absolute Gasteiger partial charge is 0.243 e. The minimum absolute atomic E-state index is 0.208. The van der Waals surface area contributed by atoms with Crippen molar-refractivity contribution in [3.8, 4) is 0 Å². The van der Waals surface area contributed by atoms with Crippen LogP contribution in [0, 0.1) is 5.92 Å². The zero-order valence-electron chi connectivity index (χ0n) is 10.3. The Morgan fingerprint density at radius 3 is 2.67 bits per heavy atom. The third-order valence-electron chi connectivity index (χ3n) is 3.49. The molecule has 1 saturated heterocycles. The van der Waals surface area contributed by atoms with Crippen LogP contribution in [0.5, 0.6) is 0 Å². The number of sulfonamides is 1. The molecule has 0 radical (unpaired) electrons. The molecule has 0 N–H and O–H groups in total. The predicted octanol–water partition coefficient (Wildman–Crippen LogP) is 2.55. The topological polar surface area (TPSA) is 50.3 Å². The number of piperidine rings is 1. The Bertz CT molecular complexity index is 511. The van der Waals surface area contributed by atoms with Gasteiger partial charge in [0.2, 0.25) is 10.0 Å². The lowest BCUT2D eigenvalue weighted by Gasteiger charge is -2.30. The molecule has 0 unspecified atom stereocenters. The highest BCUT2D eigenvalue weighted by molar-refractivity contribution is 7.89. The number of hydrogen-bond acceptors (Lipinski definition) is 3. The van der Waals surface area contributed by atoms with Crippen molar-refractivity contribution in [3.63, 3.8) is 0 Å². The molecular weight excluding hydrogens is 272 g/mol. The van der Waals surface area contributed by atoms with Gasteiger partial charge in [-0.3, -0.25) is 0 Å². The summed E-state index contributed by atoms with van der Waals surface area (Å²) in [7, 11) is -3.41. The van der Waals surface area contributed by atoms with Gasteiger partial charge in [0.1, 0.15) is 5.15 Å². The van der Waals surface area contributed by atoms with Crippen molar-refractivity contribution in [3.05, 3.63) is 23.5 Å². The fraction of sp³-hybridized carbons (Fsp3) is 0.583. The summed E-state index contributed by atoms with van der Waals surface area (Å²) in [6, 6.07) is 2.90. The summed E-state index contributed by atoms with van der Waals surface area (Å²) in [5.41, 5.74) is 0. The zero-order chi connectivity index (χ0) is 13.2. The molecule has 18 heavy (non-hydrogen) atoms. The first-order valence-corrected chi connectivity index (χ1v) is 7.97. The van der Waals surface area contributed by atoms with Gasteiger partial charge in [0.25, 0.3) is 0 Å². The van der Waals surface area contributed by atoms with Crippen molar-refractivity contribution < 1.29 is 8.42 Å². The molecule has 4 nitrogen and oxygen atoms in total. The van der Waals surface area contributed by atoms with Crippen molar-refractivity contribution in [2.24, 2.45) is 5.92 Å². The minimum Gasteiger partial charge on any atom is -0.244 e. The number of rotatable bonds is 3. The molecule has 0 spiro atoms. The van der Waals surface area contributed by atoms with Gasteiger partial charge in [-0.25, -0.2) is 13.4 Å². The molecular formula is C12H17ClN2O2S. The monoisotopic (exact) mass is 288 g/mol. The summed E-state index contributed by atoms with van der Waals surface area (Å²) in [4.78, 5) is 4.04. The summed E-state index contributed by atoms with van der Waals surface area (Å²) < 4.78 is 26.3. The number of aromatic nitrogens is 1. The lowest BCUT2D eigenvalue weighted by atomic mass is 9.96. The second-order valence-electron chi connectivity index (χ2n) is 4.57. The van der Waals surface area contributed by atoms with Crippen molar-refractivity contribution in [2.45, 2.75) is 31.1 Å². The maximum Gasteiger partial charge on any atom is 0.243 e. The SMILES string of the molecule is CCC1CCN(S(=O)(=O)c2ccnc(Cl)c2)CC1. The maximum absolute atomic E-state index is 12.4. The molecule has 1 aliphatic rings.